The zero-order valence-corrected chi connectivity index (χ0v) is 19.0. The summed E-state index contributed by atoms with van der Waals surface area (Å²) in [7, 11) is 4.12. The summed E-state index contributed by atoms with van der Waals surface area (Å²) < 4.78 is 11.4. The first-order valence-corrected chi connectivity index (χ1v) is 10.6. The molecule has 2 aromatic carbocycles. The van der Waals surface area contributed by atoms with Crippen LogP contribution in [0.5, 0.6) is 11.5 Å². The lowest BCUT2D eigenvalue weighted by Crippen LogP contribution is -2.21. The van der Waals surface area contributed by atoms with Crippen LogP contribution in [0.2, 0.25) is 5.02 Å². The van der Waals surface area contributed by atoms with Crippen LogP contribution in [0.3, 0.4) is 0 Å². The summed E-state index contributed by atoms with van der Waals surface area (Å²) in [6.07, 6.45) is 1.06. The minimum atomic E-state index is -0.246. The number of nitrogens with one attached hydrogen (secondary N) is 2. The maximum absolute atomic E-state index is 12.2. The summed E-state index contributed by atoms with van der Waals surface area (Å²) in [4.78, 5) is 14.4. The van der Waals surface area contributed by atoms with Gasteiger partial charge in [-0.25, -0.2) is 0 Å². The first-order chi connectivity index (χ1) is 14.4. The van der Waals surface area contributed by atoms with Crippen LogP contribution in [0.1, 0.15) is 24.5 Å². The maximum Gasteiger partial charge on any atom is 0.262 e. The smallest absolute Gasteiger partial charge is 0.262 e. The summed E-state index contributed by atoms with van der Waals surface area (Å²) in [5, 5.41) is 6.79. The molecule has 0 spiro atoms. The fraction of sp³-hybridized carbons (Fsp3) is 0.435. The van der Waals surface area contributed by atoms with Crippen LogP contribution in [0.25, 0.3) is 0 Å². The summed E-state index contributed by atoms with van der Waals surface area (Å²) in [5.41, 5.74) is 2.79. The number of benzene rings is 2. The average molecular weight is 434 g/mol. The van der Waals surface area contributed by atoms with Gasteiger partial charge < -0.3 is 25.0 Å². The molecule has 0 radical (unpaired) electrons. The molecule has 0 saturated heterocycles. The van der Waals surface area contributed by atoms with Crippen molar-refractivity contribution in [2.45, 2.75) is 26.8 Å². The number of hydrogen-bond acceptors (Lipinski definition) is 5. The third-order valence-corrected chi connectivity index (χ3v) is 4.73. The van der Waals surface area contributed by atoms with E-state index in [0.29, 0.717) is 29.7 Å². The second kappa shape index (κ2) is 12.4. The monoisotopic (exact) mass is 433 g/mol. The molecule has 2 aromatic rings. The van der Waals surface area contributed by atoms with E-state index in [1.807, 2.05) is 44.2 Å². The second-order valence-corrected chi connectivity index (χ2v) is 7.77. The molecule has 0 heterocycles. The number of ether oxygens (including phenoxy) is 2. The Hall–Kier alpha value is -2.28. The van der Waals surface area contributed by atoms with Gasteiger partial charge in [-0.05, 0) is 71.2 Å². The predicted octanol–water partition coefficient (Wildman–Crippen LogP) is 4.11. The van der Waals surface area contributed by atoms with Crippen molar-refractivity contribution in [2.75, 3.05) is 45.7 Å². The molecule has 0 fully saturated rings. The van der Waals surface area contributed by atoms with Crippen molar-refractivity contribution in [1.29, 1.82) is 0 Å². The van der Waals surface area contributed by atoms with Gasteiger partial charge in [-0.1, -0.05) is 29.3 Å². The van der Waals surface area contributed by atoms with E-state index in [4.69, 9.17) is 21.1 Å². The molecule has 1 amide bonds. The number of anilines is 1. The van der Waals surface area contributed by atoms with Gasteiger partial charge in [-0.2, -0.15) is 0 Å². The zero-order valence-electron chi connectivity index (χ0n) is 18.3. The minimum Gasteiger partial charge on any atom is -0.490 e. The number of amides is 1. The topological polar surface area (TPSA) is 62.8 Å². The van der Waals surface area contributed by atoms with Gasteiger partial charge in [0.2, 0.25) is 0 Å². The fourth-order valence-corrected chi connectivity index (χ4v) is 3.03. The Balaban J connectivity index is 1.94. The predicted molar refractivity (Wildman–Crippen MR) is 123 cm³/mol. The van der Waals surface area contributed by atoms with Crippen molar-refractivity contribution < 1.29 is 14.3 Å². The second-order valence-electron chi connectivity index (χ2n) is 7.36. The van der Waals surface area contributed by atoms with E-state index in [0.717, 1.165) is 36.3 Å². The van der Waals surface area contributed by atoms with Crippen molar-refractivity contribution in [3.8, 4) is 11.5 Å². The first kappa shape index (κ1) is 24.0. The van der Waals surface area contributed by atoms with Crippen LogP contribution in [0.4, 0.5) is 5.69 Å². The molecule has 0 unspecified atom stereocenters. The van der Waals surface area contributed by atoms with E-state index in [1.165, 1.54) is 0 Å². The van der Waals surface area contributed by atoms with Gasteiger partial charge in [0.15, 0.2) is 18.1 Å². The Kier molecular flexibility index (Phi) is 9.94. The molecule has 164 valence electrons. The van der Waals surface area contributed by atoms with Gasteiger partial charge >= 0.3 is 0 Å². The van der Waals surface area contributed by atoms with E-state index in [9.17, 15) is 4.79 Å². The van der Waals surface area contributed by atoms with Crippen LogP contribution in [-0.2, 0) is 11.3 Å². The van der Waals surface area contributed by atoms with E-state index in [2.05, 4.69) is 29.6 Å². The van der Waals surface area contributed by atoms with Gasteiger partial charge in [-0.3, -0.25) is 4.79 Å². The molecule has 0 saturated carbocycles. The summed E-state index contributed by atoms with van der Waals surface area (Å²) in [6.45, 7) is 6.83. The summed E-state index contributed by atoms with van der Waals surface area (Å²) in [5.74, 6) is 0.788. The van der Waals surface area contributed by atoms with E-state index >= 15 is 0 Å². The number of rotatable bonds is 12. The van der Waals surface area contributed by atoms with Gasteiger partial charge in [0, 0.05) is 23.3 Å². The third kappa shape index (κ3) is 8.22. The van der Waals surface area contributed by atoms with E-state index in [-0.39, 0.29) is 12.5 Å². The number of carbonyl (C=O) groups excluding carboxylic acids is 1. The average Bonchev–Trinajstić information content (AvgIpc) is 2.70. The van der Waals surface area contributed by atoms with Crippen molar-refractivity contribution >= 4 is 23.2 Å². The normalized spacial score (nSPS) is 10.9. The molecule has 0 aliphatic rings. The van der Waals surface area contributed by atoms with Crippen LogP contribution in [0, 0.1) is 6.92 Å². The van der Waals surface area contributed by atoms with Crippen molar-refractivity contribution in [3.05, 3.63) is 52.5 Å². The van der Waals surface area contributed by atoms with Crippen LogP contribution < -0.4 is 20.1 Å². The number of carbonyl (C=O) groups is 1. The SMILES string of the molecule is CCOc1cc(CNCCCN(C)C)c(Cl)cc1OCC(=O)Nc1ccc(C)cc1. The molecular formula is C23H32ClN3O3. The molecule has 0 aromatic heterocycles. The highest BCUT2D eigenvalue weighted by atomic mass is 35.5. The molecule has 6 nitrogen and oxygen atoms in total. The van der Waals surface area contributed by atoms with Crippen molar-refractivity contribution in [2.24, 2.45) is 0 Å². The van der Waals surface area contributed by atoms with Crippen LogP contribution in [-0.4, -0.2) is 51.2 Å². The van der Waals surface area contributed by atoms with Gasteiger partial charge in [-0.15, -0.1) is 0 Å². The Morgan fingerprint density at radius 1 is 1.10 bits per heavy atom. The minimum absolute atomic E-state index is 0.133. The van der Waals surface area contributed by atoms with Crippen LogP contribution >= 0.6 is 11.6 Å². The van der Waals surface area contributed by atoms with E-state index < -0.39 is 0 Å². The van der Waals surface area contributed by atoms with E-state index in [1.54, 1.807) is 6.07 Å². The molecule has 0 bridgehead atoms. The summed E-state index contributed by atoms with van der Waals surface area (Å²) >= 11 is 6.44. The number of aryl methyl sites for hydroxylation is 1. The highest BCUT2D eigenvalue weighted by molar-refractivity contribution is 6.31. The number of hydrogen-bond donors (Lipinski definition) is 2. The third-order valence-electron chi connectivity index (χ3n) is 4.38. The lowest BCUT2D eigenvalue weighted by molar-refractivity contribution is -0.118. The highest BCUT2D eigenvalue weighted by Crippen LogP contribution is 2.33. The van der Waals surface area contributed by atoms with Crippen molar-refractivity contribution in [3.63, 3.8) is 0 Å². The Labute approximate surface area is 184 Å². The maximum atomic E-state index is 12.2. The van der Waals surface area contributed by atoms with Crippen molar-refractivity contribution in [1.82, 2.24) is 10.2 Å². The van der Waals surface area contributed by atoms with Crippen LogP contribution in [0.15, 0.2) is 36.4 Å². The Morgan fingerprint density at radius 2 is 1.80 bits per heavy atom. The Bertz CT molecular complexity index is 810. The number of nitrogens with zero attached hydrogens (tertiary/aromatic N) is 1. The molecule has 2 rings (SSSR count). The lowest BCUT2D eigenvalue weighted by Gasteiger charge is -2.15. The molecule has 0 atom stereocenters. The Morgan fingerprint density at radius 3 is 2.47 bits per heavy atom. The first-order valence-electron chi connectivity index (χ1n) is 10.2. The highest BCUT2D eigenvalue weighted by Gasteiger charge is 2.13. The summed E-state index contributed by atoms with van der Waals surface area (Å²) in [6, 6.07) is 11.2. The van der Waals surface area contributed by atoms with Gasteiger partial charge in [0.05, 0.1) is 6.61 Å². The molecular weight excluding hydrogens is 402 g/mol. The fourth-order valence-electron chi connectivity index (χ4n) is 2.81. The molecule has 7 heteroatoms. The number of halogens is 1. The van der Waals surface area contributed by atoms with Gasteiger partial charge in [0.1, 0.15) is 0 Å². The molecule has 2 N–H and O–H groups in total. The molecule has 30 heavy (non-hydrogen) atoms. The standard InChI is InChI=1S/C23H32ClN3O3/c1-5-29-21-13-18(15-25-11-6-12-27(3)4)20(24)14-22(21)30-16-23(28)26-19-9-7-17(2)8-10-19/h7-10,13-14,25H,5-6,11-12,15-16H2,1-4H3,(H,26,28). The zero-order chi connectivity index (χ0) is 21.9. The molecule has 0 aliphatic heterocycles. The quantitative estimate of drug-likeness (QED) is 0.493. The lowest BCUT2D eigenvalue weighted by atomic mass is 10.2. The largest absolute Gasteiger partial charge is 0.490 e. The van der Waals surface area contributed by atoms with Gasteiger partial charge in [0.25, 0.3) is 5.91 Å². The molecule has 0 aliphatic carbocycles.